The first-order valence-electron chi connectivity index (χ1n) is 5.95. The Morgan fingerprint density at radius 3 is 2.69 bits per heavy atom. The highest BCUT2D eigenvalue weighted by atomic mass is 32.2. The highest BCUT2D eigenvalue weighted by Crippen LogP contribution is 2.34. The molecule has 2 atom stereocenters. The molecule has 2 unspecified atom stereocenters. The van der Waals surface area contributed by atoms with E-state index in [-0.39, 0.29) is 17.5 Å². The van der Waals surface area contributed by atoms with Crippen LogP contribution >= 0.6 is 11.8 Å². The second-order valence-electron chi connectivity index (χ2n) is 4.37. The van der Waals surface area contributed by atoms with E-state index in [0.29, 0.717) is 18.4 Å². The zero-order chi connectivity index (χ0) is 12.0. The fourth-order valence-electron chi connectivity index (χ4n) is 2.37. The molecule has 1 N–H and O–H groups in total. The number of hydrogen-bond donors (Lipinski definition) is 1. The fourth-order valence-corrected chi connectivity index (χ4v) is 3.05. The molecule has 0 spiro atoms. The summed E-state index contributed by atoms with van der Waals surface area (Å²) in [5, 5.41) is 3.39. The van der Waals surface area contributed by atoms with Crippen LogP contribution in [0.15, 0.2) is 0 Å². The molecule has 1 nitrogen and oxygen atoms in total. The van der Waals surface area contributed by atoms with Crippen LogP contribution in [0.5, 0.6) is 0 Å². The van der Waals surface area contributed by atoms with E-state index in [4.69, 9.17) is 0 Å². The molecule has 0 aromatic carbocycles. The Morgan fingerprint density at radius 1 is 1.31 bits per heavy atom. The third-order valence-corrected chi connectivity index (χ3v) is 3.83. The van der Waals surface area contributed by atoms with E-state index in [9.17, 15) is 13.2 Å². The summed E-state index contributed by atoms with van der Waals surface area (Å²) in [6.07, 6.45) is 5.18. The normalized spacial score (nSPS) is 27.0. The van der Waals surface area contributed by atoms with E-state index in [1.54, 1.807) is 0 Å². The van der Waals surface area contributed by atoms with Crippen molar-refractivity contribution in [2.24, 2.45) is 5.92 Å². The van der Waals surface area contributed by atoms with Crippen LogP contribution in [0, 0.1) is 5.92 Å². The Labute approximate surface area is 99.6 Å². The molecule has 0 aliphatic heterocycles. The molecule has 1 aliphatic carbocycles. The van der Waals surface area contributed by atoms with Crippen molar-refractivity contribution >= 4 is 11.8 Å². The molecule has 0 aromatic rings. The lowest BCUT2D eigenvalue weighted by atomic mass is 9.84. The molecular weight excluding hydrogens is 235 g/mol. The van der Waals surface area contributed by atoms with Gasteiger partial charge in [-0.2, -0.15) is 13.2 Å². The summed E-state index contributed by atoms with van der Waals surface area (Å²) < 4.78 is 35.9. The van der Waals surface area contributed by atoms with Crippen molar-refractivity contribution in [3.8, 4) is 0 Å². The van der Waals surface area contributed by atoms with Crippen LogP contribution in [-0.2, 0) is 0 Å². The second-order valence-corrected chi connectivity index (χ2v) is 5.53. The maximum atomic E-state index is 12.0. The number of nitrogens with one attached hydrogen (secondary N) is 1. The van der Waals surface area contributed by atoms with Gasteiger partial charge >= 0.3 is 5.51 Å². The summed E-state index contributed by atoms with van der Waals surface area (Å²) in [6, 6.07) is 0.527. The summed E-state index contributed by atoms with van der Waals surface area (Å²) in [5.41, 5.74) is -4.06. The van der Waals surface area contributed by atoms with Gasteiger partial charge in [0, 0.05) is 11.8 Å². The van der Waals surface area contributed by atoms with Crippen molar-refractivity contribution in [1.29, 1.82) is 0 Å². The van der Waals surface area contributed by atoms with Crippen molar-refractivity contribution < 1.29 is 13.2 Å². The van der Waals surface area contributed by atoms with Crippen LogP contribution in [0.3, 0.4) is 0 Å². The third kappa shape index (κ3) is 5.99. The van der Waals surface area contributed by atoms with Crippen LogP contribution in [-0.4, -0.2) is 23.8 Å². The summed E-state index contributed by atoms with van der Waals surface area (Å²) in [7, 11) is 0. The van der Waals surface area contributed by atoms with Gasteiger partial charge in [-0.05, 0) is 31.7 Å². The van der Waals surface area contributed by atoms with Crippen LogP contribution in [0.1, 0.15) is 39.0 Å². The molecule has 96 valence electrons. The number of thioether (sulfide) groups is 1. The summed E-state index contributed by atoms with van der Waals surface area (Å²) >= 11 is 0.121. The molecule has 1 saturated carbocycles. The minimum absolute atomic E-state index is 0.121. The van der Waals surface area contributed by atoms with Crippen LogP contribution in [0.2, 0.25) is 0 Å². The number of hydrogen-bond acceptors (Lipinski definition) is 2. The van der Waals surface area contributed by atoms with Gasteiger partial charge in [0.05, 0.1) is 0 Å². The zero-order valence-corrected chi connectivity index (χ0v) is 10.5. The van der Waals surface area contributed by atoms with Crippen molar-refractivity contribution in [3.63, 3.8) is 0 Å². The highest BCUT2D eigenvalue weighted by Gasteiger charge is 2.29. The summed E-state index contributed by atoms with van der Waals surface area (Å²) in [4.78, 5) is 0. The van der Waals surface area contributed by atoms with Crippen LogP contribution in [0.25, 0.3) is 0 Å². The van der Waals surface area contributed by atoms with Gasteiger partial charge in [0.2, 0.25) is 0 Å². The molecule has 0 radical (unpaired) electrons. The van der Waals surface area contributed by atoms with Gasteiger partial charge in [-0.25, -0.2) is 0 Å². The van der Waals surface area contributed by atoms with E-state index in [0.717, 1.165) is 25.8 Å². The molecule has 1 fully saturated rings. The lowest BCUT2D eigenvalue weighted by Crippen LogP contribution is -2.34. The van der Waals surface area contributed by atoms with Gasteiger partial charge in [0.15, 0.2) is 0 Å². The number of rotatable bonds is 5. The van der Waals surface area contributed by atoms with Gasteiger partial charge in [-0.15, -0.1) is 0 Å². The average Bonchev–Trinajstić information content (AvgIpc) is 2.17. The standard InChI is InChI=1S/C11H20F3NS/c1-2-15-10-5-3-4-9(8-10)6-7-16-11(12,13)14/h9-10,15H,2-8H2,1H3. The Hall–Kier alpha value is 0.100. The Morgan fingerprint density at radius 2 is 2.06 bits per heavy atom. The predicted octanol–water partition coefficient (Wildman–Crippen LogP) is 3.80. The Kier molecular flexibility index (Phi) is 5.97. The SMILES string of the molecule is CCNC1CCCC(CCSC(F)(F)F)C1. The number of alkyl halides is 3. The van der Waals surface area contributed by atoms with Crippen LogP contribution < -0.4 is 5.32 Å². The molecule has 0 saturated heterocycles. The molecule has 0 aromatic heterocycles. The van der Waals surface area contributed by atoms with Crippen LogP contribution in [0.4, 0.5) is 13.2 Å². The molecule has 16 heavy (non-hydrogen) atoms. The number of halogens is 3. The third-order valence-electron chi connectivity index (χ3n) is 3.07. The van der Waals surface area contributed by atoms with E-state index >= 15 is 0 Å². The summed E-state index contributed by atoms with van der Waals surface area (Å²) in [6.45, 7) is 3.03. The maximum Gasteiger partial charge on any atom is 0.441 e. The van der Waals surface area contributed by atoms with Gasteiger partial charge < -0.3 is 5.32 Å². The highest BCUT2D eigenvalue weighted by molar-refractivity contribution is 8.00. The minimum Gasteiger partial charge on any atom is -0.314 e. The molecule has 1 rings (SSSR count). The minimum atomic E-state index is -4.06. The molecular formula is C11H20F3NS. The van der Waals surface area contributed by atoms with Gasteiger partial charge in [-0.3, -0.25) is 0 Å². The smallest absolute Gasteiger partial charge is 0.314 e. The maximum absolute atomic E-state index is 12.0. The van der Waals surface area contributed by atoms with Crippen molar-refractivity contribution in [1.82, 2.24) is 5.32 Å². The van der Waals surface area contributed by atoms with E-state index in [1.807, 2.05) is 0 Å². The van der Waals surface area contributed by atoms with E-state index in [2.05, 4.69) is 12.2 Å². The molecule has 0 heterocycles. The first-order chi connectivity index (χ1) is 7.51. The summed E-state index contributed by atoms with van der Waals surface area (Å²) in [5.74, 6) is 0.695. The molecule has 5 heteroatoms. The lowest BCUT2D eigenvalue weighted by Gasteiger charge is -2.29. The molecule has 0 amide bonds. The predicted molar refractivity (Wildman–Crippen MR) is 62.6 cm³/mol. The Balaban J connectivity index is 2.16. The van der Waals surface area contributed by atoms with Gasteiger partial charge in [-0.1, -0.05) is 31.5 Å². The lowest BCUT2D eigenvalue weighted by molar-refractivity contribution is -0.0328. The monoisotopic (exact) mass is 255 g/mol. The zero-order valence-electron chi connectivity index (χ0n) is 9.65. The molecule has 0 bridgehead atoms. The van der Waals surface area contributed by atoms with Gasteiger partial charge in [0.25, 0.3) is 0 Å². The quantitative estimate of drug-likeness (QED) is 0.802. The molecule has 1 aliphatic rings. The van der Waals surface area contributed by atoms with Gasteiger partial charge in [0.1, 0.15) is 0 Å². The average molecular weight is 255 g/mol. The van der Waals surface area contributed by atoms with Crippen molar-refractivity contribution in [2.45, 2.75) is 50.6 Å². The fraction of sp³-hybridized carbons (Fsp3) is 1.00. The second kappa shape index (κ2) is 6.74. The first-order valence-corrected chi connectivity index (χ1v) is 6.94. The van der Waals surface area contributed by atoms with E-state index < -0.39 is 5.51 Å². The largest absolute Gasteiger partial charge is 0.441 e. The topological polar surface area (TPSA) is 12.0 Å². The van der Waals surface area contributed by atoms with Crippen molar-refractivity contribution in [3.05, 3.63) is 0 Å². The van der Waals surface area contributed by atoms with Crippen molar-refractivity contribution in [2.75, 3.05) is 12.3 Å². The Bertz CT molecular complexity index is 194. The van der Waals surface area contributed by atoms with E-state index in [1.165, 1.54) is 6.42 Å². The first kappa shape index (κ1) is 14.2.